The number of unbranched alkanes of at least 4 members (excludes halogenated alkanes) is 6. The van der Waals surface area contributed by atoms with Crippen molar-refractivity contribution in [1.29, 1.82) is 0 Å². The molecule has 0 fully saturated rings. The molecule has 0 atom stereocenters. The Morgan fingerprint density at radius 2 is 1.42 bits per heavy atom. The average molecular weight is 456 g/mol. The Morgan fingerprint density at radius 3 is 2.03 bits per heavy atom. The van der Waals surface area contributed by atoms with Gasteiger partial charge in [-0.25, -0.2) is 0 Å². The van der Waals surface area contributed by atoms with E-state index in [4.69, 9.17) is 17.4 Å². The third-order valence-electron chi connectivity index (χ3n) is 5.35. The molecule has 0 unspecified atom stereocenters. The standard InChI is InChI=1S/C27H37NOS2/c1-3-5-6-7-8-9-10-14-21-29-22-28(4-2)25-19-17-24(18-20-25)27(31)26(30)23-15-12-11-13-16-23/h3,11-13,15-20,30-31H,1,4-10,14,21-22H2,2H3/b27-26-. The van der Waals surface area contributed by atoms with E-state index in [9.17, 15) is 0 Å². The summed E-state index contributed by atoms with van der Waals surface area (Å²) in [6, 6.07) is 18.6. The molecular formula is C27H37NOS2. The Morgan fingerprint density at radius 1 is 0.839 bits per heavy atom. The summed E-state index contributed by atoms with van der Waals surface area (Å²) in [6.45, 7) is 8.29. The SMILES string of the molecule is C=CCCCCCCCCOCN(CC)c1ccc(/C(S)=C(/S)c2ccccc2)cc1. The van der Waals surface area contributed by atoms with E-state index in [0.717, 1.165) is 52.6 Å². The van der Waals surface area contributed by atoms with Crippen LogP contribution in [0.5, 0.6) is 0 Å². The molecule has 0 aliphatic heterocycles. The van der Waals surface area contributed by atoms with E-state index < -0.39 is 0 Å². The summed E-state index contributed by atoms with van der Waals surface area (Å²) in [6.07, 6.45) is 10.8. The minimum atomic E-state index is 0.626. The fourth-order valence-corrected chi connectivity index (χ4v) is 3.98. The van der Waals surface area contributed by atoms with E-state index in [1.54, 1.807) is 0 Å². The van der Waals surface area contributed by atoms with Crippen molar-refractivity contribution in [3.63, 3.8) is 0 Å². The maximum absolute atomic E-state index is 5.94. The van der Waals surface area contributed by atoms with Crippen LogP contribution in [0.25, 0.3) is 9.81 Å². The summed E-state index contributed by atoms with van der Waals surface area (Å²) in [7, 11) is 0. The third-order valence-corrected chi connectivity index (χ3v) is 6.49. The van der Waals surface area contributed by atoms with Crippen molar-refractivity contribution >= 4 is 40.8 Å². The molecule has 2 aromatic carbocycles. The monoisotopic (exact) mass is 455 g/mol. The lowest BCUT2D eigenvalue weighted by Crippen LogP contribution is -2.26. The number of hydrogen-bond donors (Lipinski definition) is 2. The predicted molar refractivity (Wildman–Crippen MR) is 144 cm³/mol. The van der Waals surface area contributed by atoms with Gasteiger partial charge in [-0.3, -0.25) is 0 Å². The molecule has 0 heterocycles. The van der Waals surface area contributed by atoms with Gasteiger partial charge >= 0.3 is 0 Å². The van der Waals surface area contributed by atoms with Crippen molar-refractivity contribution in [3.8, 4) is 0 Å². The molecule has 0 saturated carbocycles. The molecule has 0 aliphatic carbocycles. The second kappa shape index (κ2) is 15.2. The van der Waals surface area contributed by atoms with Crippen LogP contribution in [0.1, 0.15) is 63.0 Å². The number of nitrogens with zero attached hydrogens (tertiary/aromatic N) is 1. The number of thiol groups is 2. The number of ether oxygens (including phenoxy) is 1. The molecular weight excluding hydrogens is 418 g/mol. The Kier molecular flexibility index (Phi) is 12.6. The molecule has 0 N–H and O–H groups in total. The molecule has 2 aromatic rings. The van der Waals surface area contributed by atoms with Crippen molar-refractivity contribution in [2.45, 2.75) is 51.9 Å². The van der Waals surface area contributed by atoms with Crippen LogP contribution in [0, 0.1) is 0 Å². The van der Waals surface area contributed by atoms with Gasteiger partial charge in [0.05, 0.1) is 0 Å². The minimum Gasteiger partial charge on any atom is -0.361 e. The van der Waals surface area contributed by atoms with Crippen LogP contribution in [-0.4, -0.2) is 19.9 Å². The summed E-state index contributed by atoms with van der Waals surface area (Å²) in [5.41, 5.74) is 3.29. The van der Waals surface area contributed by atoms with Crippen molar-refractivity contribution in [1.82, 2.24) is 0 Å². The zero-order chi connectivity index (χ0) is 22.3. The van der Waals surface area contributed by atoms with Gasteiger partial charge in [0, 0.05) is 28.6 Å². The molecule has 0 spiro atoms. The molecule has 0 bridgehead atoms. The number of anilines is 1. The summed E-state index contributed by atoms with van der Waals surface area (Å²) >= 11 is 9.40. The predicted octanol–water partition coefficient (Wildman–Crippen LogP) is 8.09. The normalized spacial score (nSPS) is 11.8. The van der Waals surface area contributed by atoms with Crippen molar-refractivity contribution in [2.24, 2.45) is 0 Å². The maximum Gasteiger partial charge on any atom is 0.118 e. The maximum atomic E-state index is 5.94. The topological polar surface area (TPSA) is 12.5 Å². The Balaban J connectivity index is 1.78. The number of allylic oxidation sites excluding steroid dienone is 1. The van der Waals surface area contributed by atoms with Crippen LogP contribution < -0.4 is 4.90 Å². The van der Waals surface area contributed by atoms with Gasteiger partial charge in [-0.15, -0.1) is 31.8 Å². The van der Waals surface area contributed by atoms with Gasteiger partial charge in [-0.1, -0.05) is 74.2 Å². The first-order valence-corrected chi connectivity index (χ1v) is 12.3. The van der Waals surface area contributed by atoms with Gasteiger partial charge in [-0.2, -0.15) is 0 Å². The fourth-order valence-electron chi connectivity index (χ4n) is 3.42. The Hall–Kier alpha value is -1.62. The highest BCUT2D eigenvalue weighted by atomic mass is 32.1. The van der Waals surface area contributed by atoms with Crippen LogP contribution in [0.2, 0.25) is 0 Å². The van der Waals surface area contributed by atoms with Crippen molar-refractivity contribution in [3.05, 3.63) is 78.4 Å². The van der Waals surface area contributed by atoms with Crippen LogP contribution >= 0.6 is 25.3 Å². The number of hydrogen-bond acceptors (Lipinski definition) is 4. The molecule has 0 aliphatic rings. The molecule has 168 valence electrons. The van der Waals surface area contributed by atoms with Crippen molar-refractivity contribution in [2.75, 3.05) is 24.8 Å². The van der Waals surface area contributed by atoms with Gasteiger partial charge < -0.3 is 9.64 Å². The lowest BCUT2D eigenvalue weighted by molar-refractivity contribution is 0.130. The first kappa shape index (κ1) is 25.6. The molecule has 31 heavy (non-hydrogen) atoms. The van der Waals surface area contributed by atoms with Crippen LogP contribution in [0.4, 0.5) is 5.69 Å². The summed E-state index contributed by atoms with van der Waals surface area (Å²) in [5.74, 6) is 0. The highest BCUT2D eigenvalue weighted by Gasteiger charge is 2.08. The molecule has 2 nitrogen and oxygen atoms in total. The molecule has 0 aromatic heterocycles. The van der Waals surface area contributed by atoms with E-state index in [1.807, 2.05) is 36.4 Å². The first-order chi connectivity index (χ1) is 15.2. The summed E-state index contributed by atoms with van der Waals surface area (Å²) in [5, 5.41) is 0. The van der Waals surface area contributed by atoms with Gasteiger partial charge in [0.25, 0.3) is 0 Å². The average Bonchev–Trinajstić information content (AvgIpc) is 2.82. The molecule has 2 rings (SSSR count). The minimum absolute atomic E-state index is 0.626. The van der Waals surface area contributed by atoms with Gasteiger partial charge in [0.15, 0.2) is 0 Å². The molecule has 0 radical (unpaired) electrons. The summed E-state index contributed by atoms with van der Waals surface area (Å²) in [4.78, 5) is 4.01. The van der Waals surface area contributed by atoms with Gasteiger partial charge in [0.2, 0.25) is 0 Å². The number of benzene rings is 2. The Labute approximate surface area is 200 Å². The van der Waals surface area contributed by atoms with Gasteiger partial charge in [-0.05, 0) is 49.4 Å². The first-order valence-electron chi connectivity index (χ1n) is 11.4. The van der Waals surface area contributed by atoms with E-state index >= 15 is 0 Å². The van der Waals surface area contributed by atoms with Crippen LogP contribution in [0.15, 0.2) is 67.3 Å². The zero-order valence-electron chi connectivity index (χ0n) is 18.8. The largest absolute Gasteiger partial charge is 0.361 e. The van der Waals surface area contributed by atoms with Crippen molar-refractivity contribution < 1.29 is 4.74 Å². The smallest absolute Gasteiger partial charge is 0.118 e. The Bertz CT molecular complexity index is 787. The molecule has 4 heteroatoms. The fraction of sp³-hybridized carbons (Fsp3) is 0.407. The second-order valence-corrected chi connectivity index (χ2v) is 8.60. The quantitative estimate of drug-likeness (QED) is 0.0925. The number of rotatable bonds is 15. The van der Waals surface area contributed by atoms with E-state index in [0.29, 0.717) is 6.73 Å². The summed E-state index contributed by atoms with van der Waals surface area (Å²) < 4.78 is 5.94. The molecule has 0 amide bonds. The third kappa shape index (κ3) is 9.18. The molecule has 0 saturated heterocycles. The lowest BCUT2D eigenvalue weighted by atomic mass is 10.1. The lowest BCUT2D eigenvalue weighted by Gasteiger charge is -2.23. The van der Waals surface area contributed by atoms with Gasteiger partial charge in [0.1, 0.15) is 6.73 Å². The highest BCUT2D eigenvalue weighted by Crippen LogP contribution is 2.32. The second-order valence-electron chi connectivity index (χ2n) is 7.70. The van der Waals surface area contributed by atoms with E-state index in [2.05, 4.69) is 55.3 Å². The van der Waals surface area contributed by atoms with Crippen LogP contribution in [0.3, 0.4) is 0 Å². The van der Waals surface area contributed by atoms with Crippen LogP contribution in [-0.2, 0) is 4.74 Å². The zero-order valence-corrected chi connectivity index (χ0v) is 20.6. The van der Waals surface area contributed by atoms with E-state index in [1.165, 1.54) is 32.1 Å². The van der Waals surface area contributed by atoms with E-state index in [-0.39, 0.29) is 0 Å². The highest BCUT2D eigenvalue weighted by molar-refractivity contribution is 7.96.